The van der Waals surface area contributed by atoms with E-state index < -0.39 is 0 Å². The van der Waals surface area contributed by atoms with Gasteiger partial charge in [-0.3, -0.25) is 4.79 Å². The topological polar surface area (TPSA) is 59.6 Å². The number of hydrogen-bond donors (Lipinski definition) is 2. The van der Waals surface area contributed by atoms with Crippen molar-refractivity contribution in [2.24, 2.45) is 0 Å². The highest BCUT2D eigenvalue weighted by Crippen LogP contribution is 2.36. The van der Waals surface area contributed by atoms with Gasteiger partial charge < -0.3 is 20.1 Å². The molecule has 1 aromatic carbocycles. The first-order valence-corrected chi connectivity index (χ1v) is 6.49. The second-order valence-electron chi connectivity index (χ2n) is 4.33. The average molecular weight is 285 g/mol. The smallest absolute Gasteiger partial charge is 0.241 e. The Morgan fingerprint density at radius 3 is 2.68 bits per heavy atom. The van der Waals surface area contributed by atoms with E-state index >= 15 is 0 Å². The van der Waals surface area contributed by atoms with Gasteiger partial charge in [-0.15, -0.1) is 0 Å². The van der Waals surface area contributed by atoms with Crippen LogP contribution in [0.1, 0.15) is 12.8 Å². The molecule has 1 heterocycles. The molecule has 0 aromatic heterocycles. The number of methoxy groups -OCH3 is 2. The molecular weight excluding hydrogens is 268 g/mol. The number of amides is 1. The molecule has 1 amide bonds. The number of nitrogens with one attached hydrogen (secondary N) is 2. The maximum Gasteiger partial charge on any atom is 0.241 e. The Kier molecular flexibility index (Phi) is 4.50. The molecule has 5 nitrogen and oxygen atoms in total. The fourth-order valence-corrected chi connectivity index (χ4v) is 2.32. The summed E-state index contributed by atoms with van der Waals surface area (Å²) in [5.74, 6) is 0.939. The molecule has 0 bridgehead atoms. The van der Waals surface area contributed by atoms with Crippen LogP contribution in [0, 0.1) is 0 Å². The maximum absolute atomic E-state index is 12.1. The van der Waals surface area contributed by atoms with Crippen LogP contribution in [0.2, 0.25) is 5.02 Å². The van der Waals surface area contributed by atoms with E-state index in [-0.39, 0.29) is 11.9 Å². The maximum atomic E-state index is 12.1. The highest BCUT2D eigenvalue weighted by atomic mass is 35.5. The molecule has 1 aliphatic rings. The van der Waals surface area contributed by atoms with Crippen molar-refractivity contribution in [2.75, 3.05) is 26.1 Å². The molecule has 1 aliphatic heterocycles. The zero-order valence-electron chi connectivity index (χ0n) is 11.0. The van der Waals surface area contributed by atoms with Gasteiger partial charge >= 0.3 is 0 Å². The number of hydrogen-bond acceptors (Lipinski definition) is 4. The Hall–Kier alpha value is -1.46. The molecule has 0 saturated carbocycles. The summed E-state index contributed by atoms with van der Waals surface area (Å²) in [6.07, 6.45) is 1.86. The van der Waals surface area contributed by atoms with Crippen LogP contribution in [-0.4, -0.2) is 32.7 Å². The first-order chi connectivity index (χ1) is 9.15. The van der Waals surface area contributed by atoms with Crippen molar-refractivity contribution in [3.05, 3.63) is 17.2 Å². The lowest BCUT2D eigenvalue weighted by atomic mass is 10.2. The summed E-state index contributed by atoms with van der Waals surface area (Å²) in [4.78, 5) is 12.1. The van der Waals surface area contributed by atoms with Gasteiger partial charge in [0.2, 0.25) is 5.91 Å². The van der Waals surface area contributed by atoms with Crippen LogP contribution < -0.4 is 20.1 Å². The van der Waals surface area contributed by atoms with E-state index in [1.807, 2.05) is 0 Å². The van der Waals surface area contributed by atoms with Gasteiger partial charge in [0, 0.05) is 12.1 Å². The van der Waals surface area contributed by atoms with Gasteiger partial charge in [0.15, 0.2) is 0 Å². The third kappa shape index (κ3) is 3.11. The van der Waals surface area contributed by atoms with Crippen LogP contribution in [0.3, 0.4) is 0 Å². The molecule has 1 unspecified atom stereocenters. The zero-order chi connectivity index (χ0) is 13.8. The van der Waals surface area contributed by atoms with Crippen LogP contribution in [0.4, 0.5) is 5.69 Å². The molecule has 1 saturated heterocycles. The largest absolute Gasteiger partial charge is 0.495 e. The van der Waals surface area contributed by atoms with Crippen molar-refractivity contribution in [3.8, 4) is 11.5 Å². The molecule has 1 aromatic rings. The Bertz CT molecular complexity index is 473. The van der Waals surface area contributed by atoms with Crippen LogP contribution in [-0.2, 0) is 4.79 Å². The number of anilines is 1. The van der Waals surface area contributed by atoms with Gasteiger partial charge in [-0.2, -0.15) is 0 Å². The van der Waals surface area contributed by atoms with Gasteiger partial charge in [-0.25, -0.2) is 0 Å². The third-order valence-corrected chi connectivity index (χ3v) is 3.40. The zero-order valence-corrected chi connectivity index (χ0v) is 11.7. The van der Waals surface area contributed by atoms with E-state index in [4.69, 9.17) is 21.1 Å². The van der Waals surface area contributed by atoms with Crippen LogP contribution in [0.25, 0.3) is 0 Å². The van der Waals surface area contributed by atoms with Crippen LogP contribution in [0.15, 0.2) is 12.1 Å². The number of rotatable bonds is 4. The second-order valence-corrected chi connectivity index (χ2v) is 4.73. The quantitative estimate of drug-likeness (QED) is 0.888. The van der Waals surface area contributed by atoms with Gasteiger partial charge in [0.1, 0.15) is 11.5 Å². The summed E-state index contributed by atoms with van der Waals surface area (Å²) in [7, 11) is 3.05. The monoisotopic (exact) mass is 284 g/mol. The Balaban J connectivity index is 2.20. The van der Waals surface area contributed by atoms with Crippen molar-refractivity contribution < 1.29 is 14.3 Å². The van der Waals surface area contributed by atoms with Crippen LogP contribution in [0.5, 0.6) is 11.5 Å². The number of carbonyl (C=O) groups is 1. The van der Waals surface area contributed by atoms with E-state index in [9.17, 15) is 4.79 Å². The van der Waals surface area contributed by atoms with E-state index in [0.717, 1.165) is 19.4 Å². The molecule has 6 heteroatoms. The molecule has 2 rings (SSSR count). The Morgan fingerprint density at radius 1 is 1.37 bits per heavy atom. The van der Waals surface area contributed by atoms with E-state index in [1.54, 1.807) is 12.1 Å². The fraction of sp³-hybridized carbons (Fsp3) is 0.462. The lowest BCUT2D eigenvalue weighted by Crippen LogP contribution is -2.35. The molecule has 0 aliphatic carbocycles. The average Bonchev–Trinajstić information content (AvgIpc) is 2.94. The number of benzene rings is 1. The first kappa shape index (κ1) is 14.0. The van der Waals surface area contributed by atoms with Gasteiger partial charge in [0.05, 0.1) is 31.0 Å². The fourth-order valence-electron chi connectivity index (χ4n) is 2.09. The Labute approximate surface area is 117 Å². The molecule has 2 N–H and O–H groups in total. The van der Waals surface area contributed by atoms with Crippen LogP contribution >= 0.6 is 11.6 Å². The summed E-state index contributed by atoms with van der Waals surface area (Å²) < 4.78 is 10.4. The van der Waals surface area contributed by atoms with Gasteiger partial charge in [-0.05, 0) is 19.4 Å². The summed E-state index contributed by atoms with van der Waals surface area (Å²) in [5.41, 5.74) is 0.558. The SMILES string of the molecule is COc1cc(NC(=O)C2CCCN2)c(OC)cc1Cl. The van der Waals surface area contributed by atoms with E-state index in [0.29, 0.717) is 22.2 Å². The van der Waals surface area contributed by atoms with Crippen molar-refractivity contribution >= 4 is 23.2 Å². The summed E-state index contributed by atoms with van der Waals surface area (Å²) in [6.45, 7) is 0.874. The number of ether oxygens (including phenoxy) is 2. The van der Waals surface area contributed by atoms with E-state index in [1.165, 1.54) is 14.2 Å². The van der Waals surface area contributed by atoms with Gasteiger partial charge in [0.25, 0.3) is 0 Å². The highest BCUT2D eigenvalue weighted by molar-refractivity contribution is 6.32. The molecule has 0 radical (unpaired) electrons. The minimum absolute atomic E-state index is 0.0693. The molecule has 104 valence electrons. The lowest BCUT2D eigenvalue weighted by Gasteiger charge is -2.15. The molecule has 0 spiro atoms. The summed E-state index contributed by atoms with van der Waals surface area (Å²) in [6, 6.07) is 3.14. The number of halogens is 1. The second kappa shape index (κ2) is 6.12. The molecule has 1 atom stereocenters. The van der Waals surface area contributed by atoms with Crippen molar-refractivity contribution in [3.63, 3.8) is 0 Å². The minimum atomic E-state index is -0.147. The highest BCUT2D eigenvalue weighted by Gasteiger charge is 2.23. The lowest BCUT2D eigenvalue weighted by molar-refractivity contribution is -0.117. The summed E-state index contributed by atoms with van der Waals surface area (Å²) >= 11 is 6.01. The van der Waals surface area contributed by atoms with Crippen molar-refractivity contribution in [1.29, 1.82) is 0 Å². The standard InChI is InChI=1S/C13H17ClN2O3/c1-18-11-7-10(12(19-2)6-8(11)14)16-13(17)9-4-3-5-15-9/h6-7,9,15H,3-5H2,1-2H3,(H,16,17). The normalized spacial score (nSPS) is 18.2. The van der Waals surface area contributed by atoms with Crippen molar-refractivity contribution in [1.82, 2.24) is 5.32 Å². The molecule has 1 fully saturated rings. The van der Waals surface area contributed by atoms with E-state index in [2.05, 4.69) is 10.6 Å². The Morgan fingerprint density at radius 2 is 2.11 bits per heavy atom. The minimum Gasteiger partial charge on any atom is -0.495 e. The molecule has 19 heavy (non-hydrogen) atoms. The molecular formula is C13H17ClN2O3. The van der Waals surface area contributed by atoms with Gasteiger partial charge in [-0.1, -0.05) is 11.6 Å². The predicted molar refractivity (Wildman–Crippen MR) is 74.2 cm³/mol. The first-order valence-electron chi connectivity index (χ1n) is 6.11. The summed E-state index contributed by atoms with van der Waals surface area (Å²) in [5, 5.41) is 6.43. The van der Waals surface area contributed by atoms with Crippen molar-refractivity contribution in [2.45, 2.75) is 18.9 Å². The predicted octanol–water partition coefficient (Wildman–Crippen LogP) is 2.05. The number of carbonyl (C=O) groups excluding carboxylic acids is 1. The third-order valence-electron chi connectivity index (χ3n) is 3.11.